The fourth-order valence-corrected chi connectivity index (χ4v) is 2.53. The van der Waals surface area contributed by atoms with Crippen LogP contribution in [-0.4, -0.2) is 36.7 Å². The van der Waals surface area contributed by atoms with E-state index in [1.807, 2.05) is 30.3 Å². The van der Waals surface area contributed by atoms with Crippen molar-refractivity contribution in [3.8, 4) is 12.3 Å². The lowest BCUT2D eigenvalue weighted by molar-refractivity contribution is 0.124. The van der Waals surface area contributed by atoms with Gasteiger partial charge < -0.3 is 15.0 Å². The van der Waals surface area contributed by atoms with Crippen LogP contribution in [-0.2, 0) is 11.3 Å². The summed E-state index contributed by atoms with van der Waals surface area (Å²) < 4.78 is 5.25. The highest BCUT2D eigenvalue weighted by Gasteiger charge is 2.21. The number of hydrogen-bond donors (Lipinski definition) is 1. The molecule has 4 nitrogen and oxygen atoms in total. The summed E-state index contributed by atoms with van der Waals surface area (Å²) in [5.41, 5.74) is 0.993. The van der Waals surface area contributed by atoms with Crippen molar-refractivity contribution in [3.63, 3.8) is 0 Å². The molecule has 0 bridgehead atoms. The monoisotopic (exact) mass is 286 g/mol. The van der Waals surface area contributed by atoms with E-state index in [9.17, 15) is 4.79 Å². The molecule has 1 saturated heterocycles. The number of ether oxygens (including phenoxy) is 1. The molecular formula is C17H22N2O2. The van der Waals surface area contributed by atoms with Crippen molar-refractivity contribution in [1.82, 2.24) is 10.2 Å². The fraction of sp³-hybridized carbons (Fsp3) is 0.471. The molecule has 0 aliphatic carbocycles. The molecule has 2 rings (SSSR count). The Morgan fingerprint density at radius 3 is 3.00 bits per heavy atom. The van der Waals surface area contributed by atoms with Gasteiger partial charge in [0.05, 0.1) is 0 Å². The maximum Gasteiger partial charge on any atom is 0.407 e. The molecule has 1 amide bonds. The second-order valence-electron chi connectivity index (χ2n) is 5.30. The number of nitrogens with one attached hydrogen (secondary N) is 1. The first kappa shape index (κ1) is 15.4. The minimum Gasteiger partial charge on any atom is -0.445 e. The van der Waals surface area contributed by atoms with Gasteiger partial charge in [0.2, 0.25) is 0 Å². The van der Waals surface area contributed by atoms with Gasteiger partial charge in [-0.15, -0.1) is 12.3 Å². The van der Waals surface area contributed by atoms with Gasteiger partial charge in [-0.05, 0) is 24.9 Å². The average Bonchev–Trinajstić information content (AvgIpc) is 2.52. The Morgan fingerprint density at radius 1 is 1.43 bits per heavy atom. The first-order valence-corrected chi connectivity index (χ1v) is 7.41. The summed E-state index contributed by atoms with van der Waals surface area (Å²) in [4.78, 5) is 14.1. The number of likely N-dealkylation sites (tertiary alicyclic amines) is 1. The minimum atomic E-state index is -0.345. The number of nitrogens with zero attached hydrogens (tertiary/aromatic N) is 1. The fourth-order valence-electron chi connectivity index (χ4n) is 2.53. The molecule has 1 aliphatic heterocycles. The Hall–Kier alpha value is -1.99. The van der Waals surface area contributed by atoms with Gasteiger partial charge in [0.1, 0.15) is 6.61 Å². The number of carbonyl (C=O) groups excluding carboxylic acids is 1. The summed E-state index contributed by atoms with van der Waals surface area (Å²) in [5.74, 6) is 2.66. The Balaban J connectivity index is 1.71. The zero-order valence-electron chi connectivity index (χ0n) is 12.3. The van der Waals surface area contributed by atoms with Crippen LogP contribution in [0.5, 0.6) is 0 Å². The average molecular weight is 286 g/mol. The van der Waals surface area contributed by atoms with E-state index in [0.717, 1.165) is 44.5 Å². The zero-order chi connectivity index (χ0) is 14.9. The molecule has 0 aromatic heterocycles. The van der Waals surface area contributed by atoms with Crippen molar-refractivity contribution >= 4 is 6.09 Å². The lowest BCUT2D eigenvalue weighted by atomic mass is 10.1. The first-order valence-electron chi connectivity index (χ1n) is 7.41. The van der Waals surface area contributed by atoms with Crippen LogP contribution in [0.15, 0.2) is 30.3 Å². The molecule has 1 aromatic rings. The highest BCUT2D eigenvalue weighted by molar-refractivity contribution is 5.67. The smallest absolute Gasteiger partial charge is 0.407 e. The van der Waals surface area contributed by atoms with Crippen LogP contribution in [0.2, 0.25) is 0 Å². The topological polar surface area (TPSA) is 41.6 Å². The van der Waals surface area contributed by atoms with Gasteiger partial charge in [-0.2, -0.15) is 0 Å². The Kier molecular flexibility index (Phi) is 6.11. The summed E-state index contributed by atoms with van der Waals surface area (Å²) >= 11 is 0. The van der Waals surface area contributed by atoms with E-state index >= 15 is 0 Å². The maximum absolute atomic E-state index is 11.8. The molecule has 1 N–H and O–H groups in total. The van der Waals surface area contributed by atoms with E-state index < -0.39 is 0 Å². The number of piperidine rings is 1. The van der Waals surface area contributed by atoms with Gasteiger partial charge in [-0.3, -0.25) is 0 Å². The Morgan fingerprint density at radius 2 is 2.24 bits per heavy atom. The SMILES string of the molecule is C#CCCN1CCCC(NC(=O)OCc2ccccc2)C1. The minimum absolute atomic E-state index is 0.153. The summed E-state index contributed by atoms with van der Waals surface area (Å²) in [7, 11) is 0. The molecule has 112 valence electrons. The summed E-state index contributed by atoms with van der Waals surface area (Å²) in [6.07, 6.45) is 7.77. The number of alkyl carbamates (subject to hydrolysis) is 1. The second kappa shape index (κ2) is 8.33. The first-order chi connectivity index (χ1) is 10.3. The van der Waals surface area contributed by atoms with Crippen LogP contribution in [0.25, 0.3) is 0 Å². The summed E-state index contributed by atoms with van der Waals surface area (Å²) in [6.45, 7) is 3.11. The Labute approximate surface area is 126 Å². The normalized spacial score (nSPS) is 18.7. The van der Waals surface area contributed by atoms with Crippen molar-refractivity contribution in [3.05, 3.63) is 35.9 Å². The molecule has 0 radical (unpaired) electrons. The third-order valence-corrected chi connectivity index (χ3v) is 3.61. The van der Waals surface area contributed by atoms with E-state index in [-0.39, 0.29) is 12.1 Å². The van der Waals surface area contributed by atoms with Crippen molar-refractivity contribution < 1.29 is 9.53 Å². The number of terminal acetylenes is 1. The number of hydrogen-bond acceptors (Lipinski definition) is 3. The largest absolute Gasteiger partial charge is 0.445 e. The molecule has 1 heterocycles. The molecule has 21 heavy (non-hydrogen) atoms. The van der Waals surface area contributed by atoms with E-state index in [0.29, 0.717) is 6.61 Å². The van der Waals surface area contributed by atoms with Gasteiger partial charge in [-0.25, -0.2) is 4.79 Å². The zero-order valence-corrected chi connectivity index (χ0v) is 12.3. The number of carbonyl (C=O) groups is 1. The molecule has 0 spiro atoms. The number of rotatable bonds is 5. The molecular weight excluding hydrogens is 264 g/mol. The number of amides is 1. The molecule has 4 heteroatoms. The van der Waals surface area contributed by atoms with Crippen LogP contribution in [0, 0.1) is 12.3 Å². The quantitative estimate of drug-likeness (QED) is 0.845. The lowest BCUT2D eigenvalue weighted by Crippen LogP contribution is -2.47. The number of benzene rings is 1. The second-order valence-corrected chi connectivity index (χ2v) is 5.30. The molecule has 1 aliphatic rings. The molecule has 0 saturated carbocycles. The molecule has 1 atom stereocenters. The molecule has 1 aromatic carbocycles. The predicted molar refractivity (Wildman–Crippen MR) is 82.7 cm³/mol. The van der Waals surface area contributed by atoms with Gasteiger partial charge in [-0.1, -0.05) is 30.3 Å². The van der Waals surface area contributed by atoms with Gasteiger partial charge >= 0.3 is 6.09 Å². The highest BCUT2D eigenvalue weighted by atomic mass is 16.5. The maximum atomic E-state index is 11.8. The van der Waals surface area contributed by atoms with Crippen molar-refractivity contribution in [2.75, 3.05) is 19.6 Å². The summed E-state index contributed by atoms with van der Waals surface area (Å²) in [6, 6.07) is 9.84. The highest BCUT2D eigenvalue weighted by Crippen LogP contribution is 2.10. The van der Waals surface area contributed by atoms with Crippen LogP contribution in [0.3, 0.4) is 0 Å². The molecule has 1 fully saturated rings. The summed E-state index contributed by atoms with van der Waals surface area (Å²) in [5, 5.41) is 2.94. The van der Waals surface area contributed by atoms with Crippen LogP contribution in [0.1, 0.15) is 24.8 Å². The Bertz CT molecular complexity index is 481. The van der Waals surface area contributed by atoms with Crippen molar-refractivity contribution in [1.29, 1.82) is 0 Å². The third kappa shape index (κ3) is 5.49. The van der Waals surface area contributed by atoms with Crippen LogP contribution in [0.4, 0.5) is 4.79 Å². The van der Waals surface area contributed by atoms with Gasteiger partial charge in [0.25, 0.3) is 0 Å². The lowest BCUT2D eigenvalue weighted by Gasteiger charge is -2.32. The van der Waals surface area contributed by atoms with E-state index in [1.165, 1.54) is 0 Å². The standard InChI is InChI=1S/C17H22N2O2/c1-2-3-11-19-12-7-10-16(13-19)18-17(20)21-14-15-8-5-4-6-9-15/h1,4-6,8-9,16H,3,7,10-14H2,(H,18,20). The van der Waals surface area contributed by atoms with Gasteiger partial charge in [0.15, 0.2) is 0 Å². The van der Waals surface area contributed by atoms with Crippen LogP contribution >= 0.6 is 0 Å². The van der Waals surface area contributed by atoms with Crippen LogP contribution < -0.4 is 5.32 Å². The third-order valence-electron chi connectivity index (χ3n) is 3.61. The van der Waals surface area contributed by atoms with Crippen molar-refractivity contribution in [2.45, 2.75) is 31.9 Å². The van der Waals surface area contributed by atoms with Crippen molar-refractivity contribution in [2.24, 2.45) is 0 Å². The predicted octanol–water partition coefficient (Wildman–Crippen LogP) is 2.40. The van der Waals surface area contributed by atoms with E-state index in [2.05, 4.69) is 16.1 Å². The van der Waals surface area contributed by atoms with Gasteiger partial charge in [0, 0.05) is 25.6 Å². The molecule has 1 unspecified atom stereocenters. The van der Waals surface area contributed by atoms with E-state index in [1.54, 1.807) is 0 Å². The van der Waals surface area contributed by atoms with E-state index in [4.69, 9.17) is 11.2 Å².